The van der Waals surface area contributed by atoms with Crippen LogP contribution in [-0.2, 0) is 6.54 Å². The summed E-state index contributed by atoms with van der Waals surface area (Å²) in [4.78, 5) is 11.9. The van der Waals surface area contributed by atoms with Gasteiger partial charge in [0.05, 0.1) is 31.5 Å². The number of aromatic nitrogens is 5. The molecule has 2 aromatic carbocycles. The summed E-state index contributed by atoms with van der Waals surface area (Å²) in [5, 5.41) is 32.8. The van der Waals surface area contributed by atoms with E-state index in [0.717, 1.165) is 73.9 Å². The Morgan fingerprint density at radius 1 is 0.952 bits per heavy atom. The van der Waals surface area contributed by atoms with E-state index in [1.165, 1.54) is 10.2 Å². The maximum atomic E-state index is 11.9. The lowest BCUT2D eigenvalue weighted by Crippen LogP contribution is -2.28. The molecule has 2 saturated carbocycles. The fourth-order valence-corrected chi connectivity index (χ4v) is 6.34. The molecule has 2 heterocycles. The van der Waals surface area contributed by atoms with Crippen molar-refractivity contribution >= 4 is 5.97 Å². The van der Waals surface area contributed by atoms with Crippen molar-refractivity contribution in [1.29, 1.82) is 0 Å². The van der Waals surface area contributed by atoms with Crippen LogP contribution in [0.5, 0.6) is 11.6 Å². The fourth-order valence-electron chi connectivity index (χ4n) is 6.34. The highest BCUT2D eigenvalue weighted by Gasteiger charge is 2.29. The molecule has 6 rings (SSSR count). The van der Waals surface area contributed by atoms with E-state index in [1.807, 2.05) is 41.2 Å². The average Bonchev–Trinajstić information content (AvgIpc) is 3.66. The van der Waals surface area contributed by atoms with Gasteiger partial charge in [0, 0.05) is 6.20 Å². The third kappa shape index (κ3) is 5.90. The van der Waals surface area contributed by atoms with Crippen molar-refractivity contribution in [3.63, 3.8) is 0 Å². The summed E-state index contributed by atoms with van der Waals surface area (Å²) < 4.78 is 15.0. The lowest BCUT2D eigenvalue weighted by atomic mass is 9.82. The van der Waals surface area contributed by atoms with Crippen LogP contribution >= 0.6 is 0 Å². The number of rotatable bonds is 9. The number of benzene rings is 2. The van der Waals surface area contributed by atoms with Gasteiger partial charge in [0.2, 0.25) is 11.6 Å². The summed E-state index contributed by atoms with van der Waals surface area (Å²) in [5.74, 6) is 0.201. The Bertz CT molecular complexity index is 1490. The molecule has 4 aromatic rings. The third-order valence-electron chi connectivity index (χ3n) is 8.69. The quantitative estimate of drug-likeness (QED) is 0.271. The molecule has 0 amide bonds. The zero-order valence-corrected chi connectivity index (χ0v) is 23.8. The van der Waals surface area contributed by atoms with E-state index in [9.17, 15) is 15.0 Å². The van der Waals surface area contributed by atoms with Crippen LogP contribution in [-0.4, -0.2) is 60.3 Å². The van der Waals surface area contributed by atoms with E-state index < -0.39 is 5.97 Å². The maximum absolute atomic E-state index is 11.9. The minimum atomic E-state index is -1.15. The third-order valence-corrected chi connectivity index (χ3v) is 8.69. The Balaban J connectivity index is 1.10. The molecule has 10 nitrogen and oxygen atoms in total. The Labute approximate surface area is 244 Å². The molecular weight excluding hydrogens is 534 g/mol. The van der Waals surface area contributed by atoms with E-state index in [0.29, 0.717) is 12.5 Å². The highest BCUT2D eigenvalue weighted by Crippen LogP contribution is 2.37. The van der Waals surface area contributed by atoms with Crippen molar-refractivity contribution in [2.45, 2.75) is 82.1 Å². The number of methoxy groups -OCH3 is 1. The van der Waals surface area contributed by atoms with Gasteiger partial charge in [0.25, 0.3) is 0 Å². The Morgan fingerprint density at radius 3 is 2.38 bits per heavy atom. The van der Waals surface area contributed by atoms with E-state index in [4.69, 9.17) is 9.47 Å². The predicted molar refractivity (Wildman–Crippen MR) is 156 cm³/mol. The van der Waals surface area contributed by atoms with Crippen molar-refractivity contribution in [3.8, 4) is 22.9 Å². The molecule has 0 bridgehead atoms. The van der Waals surface area contributed by atoms with Gasteiger partial charge in [-0.1, -0.05) is 54.5 Å². The summed E-state index contributed by atoms with van der Waals surface area (Å²) in [6, 6.07) is 18.3. The molecular formula is C32H37N5O5. The minimum absolute atomic E-state index is 0.0306. The molecule has 2 aliphatic rings. The topological polar surface area (TPSA) is 125 Å². The minimum Gasteiger partial charge on any atom is -0.497 e. The van der Waals surface area contributed by atoms with Crippen molar-refractivity contribution in [3.05, 3.63) is 77.6 Å². The lowest BCUT2D eigenvalue weighted by molar-refractivity contribution is 0.0675. The number of ether oxygens (including phenoxy) is 2. The number of carboxylic acids is 1. The smallest absolute Gasteiger partial charge is 0.362 e. The first-order valence-electron chi connectivity index (χ1n) is 14.8. The highest BCUT2D eigenvalue weighted by atomic mass is 16.5. The molecule has 42 heavy (non-hydrogen) atoms. The molecule has 0 spiro atoms. The second-order valence-electron chi connectivity index (χ2n) is 11.3. The first-order valence-corrected chi connectivity index (χ1v) is 14.8. The summed E-state index contributed by atoms with van der Waals surface area (Å²) >= 11 is 0. The van der Waals surface area contributed by atoms with Crippen molar-refractivity contribution in [2.24, 2.45) is 0 Å². The summed E-state index contributed by atoms with van der Waals surface area (Å²) in [7, 11) is 1.61. The van der Waals surface area contributed by atoms with Crippen LogP contribution in [0.15, 0.2) is 60.8 Å². The van der Waals surface area contributed by atoms with Crippen LogP contribution in [0, 0.1) is 0 Å². The predicted octanol–water partition coefficient (Wildman–Crippen LogP) is 5.48. The van der Waals surface area contributed by atoms with Crippen LogP contribution < -0.4 is 9.47 Å². The van der Waals surface area contributed by atoms with Gasteiger partial charge in [0.15, 0.2) is 0 Å². The van der Waals surface area contributed by atoms with Gasteiger partial charge in [-0.25, -0.2) is 9.48 Å². The molecule has 10 heteroatoms. The molecule has 2 N–H and O–H groups in total. The van der Waals surface area contributed by atoms with Crippen LogP contribution in [0.25, 0.3) is 11.3 Å². The largest absolute Gasteiger partial charge is 0.497 e. The van der Waals surface area contributed by atoms with Crippen LogP contribution in [0.2, 0.25) is 0 Å². The van der Waals surface area contributed by atoms with E-state index in [-0.39, 0.29) is 29.8 Å². The molecule has 0 radical (unpaired) electrons. The van der Waals surface area contributed by atoms with Crippen molar-refractivity contribution in [1.82, 2.24) is 24.8 Å². The van der Waals surface area contributed by atoms with E-state index in [2.05, 4.69) is 39.7 Å². The first-order chi connectivity index (χ1) is 20.5. The second kappa shape index (κ2) is 12.4. The van der Waals surface area contributed by atoms with E-state index >= 15 is 0 Å². The number of carbonyl (C=O) groups is 1. The lowest BCUT2D eigenvalue weighted by Gasteiger charge is -2.30. The van der Waals surface area contributed by atoms with Gasteiger partial charge in [0.1, 0.15) is 11.9 Å². The number of aliphatic hydroxyl groups is 1. The van der Waals surface area contributed by atoms with Crippen LogP contribution in [0.1, 0.15) is 84.9 Å². The van der Waals surface area contributed by atoms with Crippen molar-refractivity contribution in [2.75, 3.05) is 7.11 Å². The molecule has 220 valence electrons. The van der Waals surface area contributed by atoms with E-state index in [1.54, 1.807) is 7.11 Å². The fraction of sp³-hybridized carbons (Fsp3) is 0.438. The number of hydrogen-bond acceptors (Lipinski definition) is 7. The van der Waals surface area contributed by atoms with Gasteiger partial charge in [-0.3, -0.25) is 4.68 Å². The maximum Gasteiger partial charge on any atom is 0.362 e. The molecule has 0 saturated heterocycles. The van der Waals surface area contributed by atoms with Gasteiger partial charge in [-0.2, -0.15) is 5.10 Å². The van der Waals surface area contributed by atoms with Gasteiger partial charge in [-0.15, -0.1) is 5.10 Å². The second-order valence-corrected chi connectivity index (χ2v) is 11.3. The van der Waals surface area contributed by atoms with Gasteiger partial charge in [-0.05, 0) is 79.3 Å². The molecule has 2 fully saturated rings. The first kappa shape index (κ1) is 28.0. The molecule has 2 aromatic heterocycles. The highest BCUT2D eigenvalue weighted by molar-refractivity contribution is 5.87. The number of nitrogens with zero attached hydrogens (tertiary/aromatic N) is 5. The molecule has 2 atom stereocenters. The normalized spacial score (nSPS) is 22.5. The zero-order valence-electron chi connectivity index (χ0n) is 23.8. The van der Waals surface area contributed by atoms with Crippen molar-refractivity contribution < 1.29 is 24.5 Å². The average molecular weight is 572 g/mol. The number of hydrogen-bond donors (Lipinski definition) is 2. The van der Waals surface area contributed by atoms with Gasteiger partial charge >= 0.3 is 5.97 Å². The number of carboxylic acid groups (broad SMARTS) is 1. The van der Waals surface area contributed by atoms with Crippen LogP contribution in [0.3, 0.4) is 0 Å². The van der Waals surface area contributed by atoms with Gasteiger partial charge < -0.3 is 19.7 Å². The summed E-state index contributed by atoms with van der Waals surface area (Å²) in [6.45, 7) is 0.347. The standard InChI is InChI=1S/C32H37N5O5/c1-41-25-14-6-21(7-15-25)20-36-31(30(32(39)40)34-35-36)42-26-16-12-23(13-17-26)22-8-10-24(11-9-22)27-18-19-33-37(27)28-4-2-3-5-29(28)38/h6-11,14-15,18-19,23,26,28-29,38H,2-5,12-13,16-17,20H2,1H3,(H,39,40)/t23?,26?,28-,29-/m0/s1. The molecule has 2 aliphatic carbocycles. The SMILES string of the molecule is COc1ccc(Cn2nnc(C(=O)O)c2OC2CCC(c3ccc(-c4ccnn4[C@H]4CCCC[C@@H]4O)cc3)CC2)cc1. The summed E-state index contributed by atoms with van der Waals surface area (Å²) in [5.41, 5.74) is 4.20. The molecule has 0 unspecified atom stereocenters. The monoisotopic (exact) mass is 571 g/mol. The Morgan fingerprint density at radius 2 is 1.69 bits per heavy atom. The Hall–Kier alpha value is -4.18. The number of aliphatic hydroxyl groups excluding tert-OH is 1. The zero-order chi connectivity index (χ0) is 29.1. The summed E-state index contributed by atoms with van der Waals surface area (Å²) in [6.07, 6.45) is 8.83. The number of aromatic carboxylic acids is 1. The molecule has 0 aliphatic heterocycles. The Kier molecular flexibility index (Phi) is 8.23. The van der Waals surface area contributed by atoms with Crippen LogP contribution in [0.4, 0.5) is 0 Å².